The highest BCUT2D eigenvalue weighted by Crippen LogP contribution is 2.25. The average Bonchev–Trinajstić information content (AvgIpc) is 2.75. The second-order valence-electron chi connectivity index (χ2n) is 5.85. The fourth-order valence-electron chi connectivity index (χ4n) is 2.02. The maximum atomic E-state index is 5.52. The summed E-state index contributed by atoms with van der Waals surface area (Å²) in [5.41, 5.74) is 2.87. The molecule has 0 aliphatic carbocycles. The molecule has 1 N–H and O–H groups in total. The number of likely N-dealkylation sites (N-methyl/N-ethyl adjacent to an activating group) is 1. The van der Waals surface area contributed by atoms with E-state index in [0.717, 1.165) is 31.9 Å². The maximum absolute atomic E-state index is 5.52. The van der Waals surface area contributed by atoms with E-state index >= 15 is 0 Å². The Morgan fingerprint density at radius 2 is 2.11 bits per heavy atom. The van der Waals surface area contributed by atoms with Crippen molar-refractivity contribution in [3.8, 4) is 5.75 Å². The van der Waals surface area contributed by atoms with Crippen molar-refractivity contribution < 1.29 is 4.74 Å². The molecule has 0 atom stereocenters. The highest BCUT2D eigenvalue weighted by atomic mass is 16.5. The first-order chi connectivity index (χ1) is 8.49. The van der Waals surface area contributed by atoms with E-state index in [1.165, 1.54) is 11.1 Å². The van der Waals surface area contributed by atoms with Crippen LogP contribution in [0.5, 0.6) is 5.75 Å². The fraction of sp³-hybridized carbons (Fsp3) is 0.600. The van der Waals surface area contributed by atoms with E-state index in [-0.39, 0.29) is 5.54 Å². The highest BCUT2D eigenvalue weighted by molar-refractivity contribution is 5.39. The summed E-state index contributed by atoms with van der Waals surface area (Å²) in [7, 11) is 4.24. The molecule has 1 heterocycles. The fourth-order valence-corrected chi connectivity index (χ4v) is 2.02. The number of rotatable bonds is 5. The molecule has 0 unspecified atom stereocenters. The number of nitrogens with zero attached hydrogens (tertiary/aromatic N) is 1. The largest absolute Gasteiger partial charge is 0.493 e. The summed E-state index contributed by atoms with van der Waals surface area (Å²) in [6, 6.07) is 6.51. The van der Waals surface area contributed by atoms with Gasteiger partial charge in [0, 0.05) is 25.0 Å². The standard InChI is InChI=1S/C15H24N2O/c1-15(2,17(3)4)11-16-10-12-5-6-14-13(9-12)7-8-18-14/h5-6,9,16H,7-8,10-11H2,1-4H3. The molecule has 0 fully saturated rings. The summed E-state index contributed by atoms with van der Waals surface area (Å²) >= 11 is 0. The summed E-state index contributed by atoms with van der Waals surface area (Å²) in [5.74, 6) is 1.06. The first-order valence-corrected chi connectivity index (χ1v) is 6.62. The van der Waals surface area contributed by atoms with Crippen molar-refractivity contribution in [1.82, 2.24) is 10.2 Å². The maximum Gasteiger partial charge on any atom is 0.122 e. The van der Waals surface area contributed by atoms with Crippen LogP contribution in [0.4, 0.5) is 0 Å². The van der Waals surface area contributed by atoms with Crippen molar-refractivity contribution in [3.63, 3.8) is 0 Å². The molecule has 0 bridgehead atoms. The van der Waals surface area contributed by atoms with Crippen molar-refractivity contribution in [3.05, 3.63) is 29.3 Å². The molecular weight excluding hydrogens is 224 g/mol. The quantitative estimate of drug-likeness (QED) is 0.863. The van der Waals surface area contributed by atoms with Crippen molar-refractivity contribution >= 4 is 0 Å². The zero-order chi connectivity index (χ0) is 13.2. The Morgan fingerprint density at radius 1 is 1.33 bits per heavy atom. The Labute approximate surface area is 110 Å². The number of hydrogen-bond acceptors (Lipinski definition) is 3. The summed E-state index contributed by atoms with van der Waals surface area (Å²) in [5, 5.41) is 3.53. The van der Waals surface area contributed by atoms with Crippen LogP contribution in [0, 0.1) is 0 Å². The third-order valence-electron chi connectivity index (χ3n) is 3.85. The van der Waals surface area contributed by atoms with Gasteiger partial charge in [0.25, 0.3) is 0 Å². The van der Waals surface area contributed by atoms with Gasteiger partial charge in [0.05, 0.1) is 6.61 Å². The molecule has 1 aromatic rings. The predicted molar refractivity (Wildman–Crippen MR) is 75.1 cm³/mol. The van der Waals surface area contributed by atoms with Crippen LogP contribution in [0.2, 0.25) is 0 Å². The molecule has 2 rings (SSSR count). The molecule has 0 aromatic heterocycles. The second kappa shape index (κ2) is 5.29. The van der Waals surface area contributed by atoms with Crippen molar-refractivity contribution in [2.45, 2.75) is 32.4 Å². The van der Waals surface area contributed by atoms with E-state index in [0.29, 0.717) is 0 Å². The topological polar surface area (TPSA) is 24.5 Å². The van der Waals surface area contributed by atoms with Crippen LogP contribution in [0.3, 0.4) is 0 Å². The molecule has 0 saturated carbocycles. The Balaban J connectivity index is 1.87. The lowest BCUT2D eigenvalue weighted by molar-refractivity contribution is 0.190. The van der Waals surface area contributed by atoms with Gasteiger partial charge in [-0.05, 0) is 45.1 Å². The lowest BCUT2D eigenvalue weighted by Gasteiger charge is -2.32. The van der Waals surface area contributed by atoms with E-state index < -0.39 is 0 Å². The van der Waals surface area contributed by atoms with E-state index in [9.17, 15) is 0 Å². The third-order valence-corrected chi connectivity index (χ3v) is 3.85. The van der Waals surface area contributed by atoms with Crippen LogP contribution in [0.1, 0.15) is 25.0 Å². The predicted octanol–water partition coefficient (Wildman–Crippen LogP) is 2.05. The minimum atomic E-state index is 0.180. The number of ether oxygens (including phenoxy) is 1. The molecule has 0 amide bonds. The minimum absolute atomic E-state index is 0.180. The second-order valence-corrected chi connectivity index (χ2v) is 5.85. The van der Waals surface area contributed by atoms with E-state index in [1.54, 1.807) is 0 Å². The van der Waals surface area contributed by atoms with Gasteiger partial charge in [0.2, 0.25) is 0 Å². The molecule has 18 heavy (non-hydrogen) atoms. The molecule has 3 heteroatoms. The van der Waals surface area contributed by atoms with Gasteiger partial charge in [-0.1, -0.05) is 12.1 Å². The Hall–Kier alpha value is -1.06. The lowest BCUT2D eigenvalue weighted by atomic mass is 10.0. The molecule has 0 radical (unpaired) electrons. The molecule has 3 nitrogen and oxygen atoms in total. The summed E-state index contributed by atoms with van der Waals surface area (Å²) in [6.45, 7) is 7.23. The van der Waals surface area contributed by atoms with Crippen LogP contribution < -0.4 is 10.1 Å². The number of nitrogens with one attached hydrogen (secondary N) is 1. The molecule has 0 spiro atoms. The summed E-state index contributed by atoms with van der Waals surface area (Å²) in [6.07, 6.45) is 1.05. The van der Waals surface area contributed by atoms with Crippen LogP contribution in [0.15, 0.2) is 18.2 Å². The molecule has 1 aliphatic heterocycles. The number of benzene rings is 1. The number of fused-ring (bicyclic) bond motifs is 1. The van der Waals surface area contributed by atoms with Crippen LogP contribution in [-0.4, -0.2) is 37.7 Å². The minimum Gasteiger partial charge on any atom is -0.493 e. The van der Waals surface area contributed by atoms with Gasteiger partial charge in [0.1, 0.15) is 5.75 Å². The zero-order valence-corrected chi connectivity index (χ0v) is 11.9. The SMILES string of the molecule is CN(C)C(C)(C)CNCc1ccc2c(c1)CCO2. The monoisotopic (exact) mass is 248 g/mol. The van der Waals surface area contributed by atoms with Gasteiger partial charge in [-0.25, -0.2) is 0 Å². The van der Waals surface area contributed by atoms with Gasteiger partial charge >= 0.3 is 0 Å². The van der Waals surface area contributed by atoms with Gasteiger partial charge in [-0.3, -0.25) is 0 Å². The van der Waals surface area contributed by atoms with E-state index in [1.807, 2.05) is 0 Å². The van der Waals surface area contributed by atoms with Gasteiger partial charge in [-0.2, -0.15) is 0 Å². The highest BCUT2D eigenvalue weighted by Gasteiger charge is 2.19. The third kappa shape index (κ3) is 3.03. The zero-order valence-electron chi connectivity index (χ0n) is 11.9. The van der Waals surface area contributed by atoms with Gasteiger partial charge < -0.3 is 15.0 Å². The van der Waals surface area contributed by atoms with Crippen molar-refractivity contribution in [2.75, 3.05) is 27.2 Å². The summed E-state index contributed by atoms with van der Waals surface area (Å²) < 4.78 is 5.52. The molecule has 100 valence electrons. The van der Waals surface area contributed by atoms with Crippen LogP contribution in [-0.2, 0) is 13.0 Å². The molecular formula is C15H24N2O. The molecule has 0 saturated heterocycles. The van der Waals surface area contributed by atoms with E-state index in [4.69, 9.17) is 4.74 Å². The van der Waals surface area contributed by atoms with Crippen LogP contribution >= 0.6 is 0 Å². The molecule has 1 aromatic carbocycles. The first-order valence-electron chi connectivity index (χ1n) is 6.62. The number of hydrogen-bond donors (Lipinski definition) is 1. The summed E-state index contributed by atoms with van der Waals surface area (Å²) in [4.78, 5) is 2.25. The van der Waals surface area contributed by atoms with Crippen molar-refractivity contribution in [1.29, 1.82) is 0 Å². The smallest absolute Gasteiger partial charge is 0.122 e. The van der Waals surface area contributed by atoms with Gasteiger partial charge in [-0.15, -0.1) is 0 Å². The molecule has 1 aliphatic rings. The van der Waals surface area contributed by atoms with E-state index in [2.05, 4.69) is 56.4 Å². The average molecular weight is 248 g/mol. The normalized spacial score (nSPS) is 14.7. The Bertz CT molecular complexity index is 413. The van der Waals surface area contributed by atoms with Gasteiger partial charge in [0.15, 0.2) is 0 Å². The first kappa shape index (κ1) is 13.4. The Morgan fingerprint density at radius 3 is 2.83 bits per heavy atom. The van der Waals surface area contributed by atoms with Crippen molar-refractivity contribution in [2.24, 2.45) is 0 Å². The van der Waals surface area contributed by atoms with Crippen LogP contribution in [0.25, 0.3) is 0 Å². The lowest BCUT2D eigenvalue weighted by Crippen LogP contribution is -2.46. The Kier molecular flexibility index (Phi) is 3.93.